The second-order valence-electron chi connectivity index (χ2n) is 4.61. The van der Waals surface area contributed by atoms with Crippen LogP contribution in [0.25, 0.3) is 0 Å². The van der Waals surface area contributed by atoms with Gasteiger partial charge in [-0.05, 0) is 31.5 Å². The molecule has 0 fully saturated rings. The number of nitrogens with two attached hydrogens (primary N) is 2. The fourth-order valence-corrected chi connectivity index (χ4v) is 1.53. The molecule has 1 rings (SSSR count). The van der Waals surface area contributed by atoms with E-state index in [1.165, 1.54) is 0 Å². The Morgan fingerprint density at radius 2 is 2.10 bits per heavy atom. The lowest BCUT2D eigenvalue weighted by atomic mass is 10.2. The number of rotatable bonds is 8. The third-order valence-electron chi connectivity index (χ3n) is 2.64. The molecule has 0 spiro atoms. The lowest BCUT2D eigenvalue weighted by molar-refractivity contribution is -0.121. The molecule has 0 aliphatic rings. The summed E-state index contributed by atoms with van der Waals surface area (Å²) < 4.78 is 5.40. The molecule has 21 heavy (non-hydrogen) atoms. The summed E-state index contributed by atoms with van der Waals surface area (Å²) in [5, 5.41) is 2.76. The van der Waals surface area contributed by atoms with E-state index in [0.29, 0.717) is 17.9 Å². The van der Waals surface area contributed by atoms with Gasteiger partial charge in [0.2, 0.25) is 11.8 Å². The highest BCUT2D eigenvalue weighted by Crippen LogP contribution is 2.12. The van der Waals surface area contributed by atoms with Crippen LogP contribution in [-0.4, -0.2) is 31.0 Å². The van der Waals surface area contributed by atoms with Gasteiger partial charge in [0.05, 0.1) is 13.0 Å². The molecule has 0 saturated carbocycles. The van der Waals surface area contributed by atoms with Crippen molar-refractivity contribution in [2.24, 2.45) is 11.5 Å². The molecule has 6 nitrogen and oxygen atoms in total. The fourth-order valence-electron chi connectivity index (χ4n) is 1.53. The Bertz CT molecular complexity index is 467. The Morgan fingerprint density at radius 1 is 1.38 bits per heavy atom. The van der Waals surface area contributed by atoms with Crippen molar-refractivity contribution in [3.8, 4) is 5.75 Å². The lowest BCUT2D eigenvalue weighted by Crippen LogP contribution is -2.29. The normalized spacial score (nSPS) is 11.1. The van der Waals surface area contributed by atoms with Gasteiger partial charge in [-0.2, -0.15) is 0 Å². The Balaban J connectivity index is 0.00000400. The molecule has 0 aliphatic heterocycles. The van der Waals surface area contributed by atoms with Crippen LogP contribution in [0.15, 0.2) is 24.3 Å². The molecule has 2 amide bonds. The standard InChI is InChI=1S/C14H21N3O3.ClH/c1-10(15)5-7-17-13(18)6-8-20-12-4-2-3-11(9-12)14(16)19;/h2-4,9-10H,5-8,15H2,1H3,(H2,16,19)(H,17,18);1H. The van der Waals surface area contributed by atoms with Crippen molar-refractivity contribution < 1.29 is 14.3 Å². The van der Waals surface area contributed by atoms with Crippen molar-refractivity contribution in [1.82, 2.24) is 5.32 Å². The van der Waals surface area contributed by atoms with Gasteiger partial charge in [0.1, 0.15) is 5.75 Å². The van der Waals surface area contributed by atoms with E-state index in [1.54, 1.807) is 24.3 Å². The zero-order valence-electron chi connectivity index (χ0n) is 12.0. The SMILES string of the molecule is CC(N)CCNC(=O)CCOc1cccc(C(N)=O)c1.Cl. The van der Waals surface area contributed by atoms with Gasteiger partial charge in [-0.3, -0.25) is 9.59 Å². The smallest absolute Gasteiger partial charge is 0.248 e. The molecule has 7 heteroatoms. The zero-order chi connectivity index (χ0) is 15.0. The van der Waals surface area contributed by atoms with Crippen LogP contribution >= 0.6 is 12.4 Å². The average molecular weight is 316 g/mol. The molecule has 0 radical (unpaired) electrons. The van der Waals surface area contributed by atoms with Gasteiger partial charge in [-0.1, -0.05) is 6.07 Å². The number of nitrogens with one attached hydrogen (secondary N) is 1. The molecule has 0 saturated heterocycles. The highest BCUT2D eigenvalue weighted by Gasteiger charge is 2.04. The molecule has 0 bridgehead atoms. The molecule has 1 atom stereocenters. The van der Waals surface area contributed by atoms with Gasteiger partial charge in [0.15, 0.2) is 0 Å². The van der Waals surface area contributed by atoms with E-state index in [1.807, 2.05) is 6.92 Å². The first kappa shape index (κ1) is 19.2. The quantitative estimate of drug-likeness (QED) is 0.660. The summed E-state index contributed by atoms with van der Waals surface area (Å²) in [6, 6.07) is 6.62. The minimum absolute atomic E-state index is 0. The summed E-state index contributed by atoms with van der Waals surface area (Å²) in [6.45, 7) is 2.70. The van der Waals surface area contributed by atoms with Crippen LogP contribution in [0.5, 0.6) is 5.75 Å². The van der Waals surface area contributed by atoms with Crippen LogP contribution in [0, 0.1) is 0 Å². The summed E-state index contributed by atoms with van der Waals surface area (Å²) in [5.41, 5.74) is 11.1. The molecular formula is C14H22ClN3O3. The van der Waals surface area contributed by atoms with Crippen molar-refractivity contribution in [3.63, 3.8) is 0 Å². The van der Waals surface area contributed by atoms with Gasteiger partial charge >= 0.3 is 0 Å². The fraction of sp³-hybridized carbons (Fsp3) is 0.429. The third kappa shape index (κ3) is 8.16. The molecule has 0 heterocycles. The largest absolute Gasteiger partial charge is 0.493 e. The summed E-state index contributed by atoms with van der Waals surface area (Å²) in [6.07, 6.45) is 0.993. The van der Waals surface area contributed by atoms with Crippen LogP contribution < -0.4 is 21.5 Å². The number of amides is 2. The topological polar surface area (TPSA) is 107 Å². The highest BCUT2D eigenvalue weighted by atomic mass is 35.5. The second kappa shape index (κ2) is 10.0. The Kier molecular flexibility index (Phi) is 9.16. The van der Waals surface area contributed by atoms with Gasteiger partial charge < -0.3 is 21.5 Å². The lowest BCUT2D eigenvalue weighted by Gasteiger charge is -2.09. The number of carbonyl (C=O) groups is 2. The number of primary amides is 1. The monoisotopic (exact) mass is 315 g/mol. The molecular weight excluding hydrogens is 294 g/mol. The van der Waals surface area contributed by atoms with Crippen molar-refractivity contribution in [2.45, 2.75) is 25.8 Å². The van der Waals surface area contributed by atoms with Crippen LogP contribution in [0.4, 0.5) is 0 Å². The molecule has 5 N–H and O–H groups in total. The van der Waals surface area contributed by atoms with Crippen LogP contribution in [0.1, 0.15) is 30.1 Å². The molecule has 1 aromatic carbocycles. The number of carbonyl (C=O) groups excluding carboxylic acids is 2. The third-order valence-corrected chi connectivity index (χ3v) is 2.64. The Hall–Kier alpha value is -1.79. The van der Waals surface area contributed by atoms with E-state index in [0.717, 1.165) is 6.42 Å². The zero-order valence-corrected chi connectivity index (χ0v) is 12.8. The van der Waals surface area contributed by atoms with E-state index in [4.69, 9.17) is 16.2 Å². The maximum absolute atomic E-state index is 11.5. The number of hydrogen-bond acceptors (Lipinski definition) is 4. The van der Waals surface area contributed by atoms with Crippen LogP contribution in [-0.2, 0) is 4.79 Å². The van der Waals surface area contributed by atoms with Crippen molar-refractivity contribution in [2.75, 3.05) is 13.2 Å². The van der Waals surface area contributed by atoms with E-state index in [9.17, 15) is 9.59 Å². The van der Waals surface area contributed by atoms with Crippen molar-refractivity contribution in [1.29, 1.82) is 0 Å². The average Bonchev–Trinajstić information content (AvgIpc) is 2.38. The summed E-state index contributed by atoms with van der Waals surface area (Å²) in [5.74, 6) is -0.0783. The second-order valence-corrected chi connectivity index (χ2v) is 4.61. The minimum atomic E-state index is -0.510. The summed E-state index contributed by atoms with van der Waals surface area (Å²) in [4.78, 5) is 22.5. The van der Waals surface area contributed by atoms with Crippen LogP contribution in [0.3, 0.4) is 0 Å². The van der Waals surface area contributed by atoms with E-state index < -0.39 is 5.91 Å². The van der Waals surface area contributed by atoms with E-state index >= 15 is 0 Å². The summed E-state index contributed by atoms with van der Waals surface area (Å²) >= 11 is 0. The first-order valence-corrected chi connectivity index (χ1v) is 6.54. The highest BCUT2D eigenvalue weighted by molar-refractivity contribution is 5.93. The maximum atomic E-state index is 11.5. The van der Waals surface area contributed by atoms with Crippen LogP contribution in [0.2, 0.25) is 0 Å². The molecule has 0 aliphatic carbocycles. The van der Waals surface area contributed by atoms with Gasteiger partial charge in [-0.25, -0.2) is 0 Å². The van der Waals surface area contributed by atoms with Gasteiger partial charge in [0, 0.05) is 18.2 Å². The summed E-state index contributed by atoms with van der Waals surface area (Å²) in [7, 11) is 0. The van der Waals surface area contributed by atoms with Gasteiger partial charge in [-0.15, -0.1) is 12.4 Å². The number of ether oxygens (including phenoxy) is 1. The first-order valence-electron chi connectivity index (χ1n) is 6.54. The predicted molar refractivity (Wildman–Crippen MR) is 83.6 cm³/mol. The predicted octanol–water partition coefficient (Wildman–Crippen LogP) is 0.830. The van der Waals surface area contributed by atoms with Gasteiger partial charge in [0.25, 0.3) is 0 Å². The first-order chi connectivity index (χ1) is 9.49. The van der Waals surface area contributed by atoms with Crippen molar-refractivity contribution in [3.05, 3.63) is 29.8 Å². The number of benzene rings is 1. The molecule has 1 aromatic rings. The minimum Gasteiger partial charge on any atom is -0.493 e. The number of hydrogen-bond donors (Lipinski definition) is 3. The van der Waals surface area contributed by atoms with E-state index in [-0.39, 0.29) is 37.4 Å². The molecule has 1 unspecified atom stereocenters. The number of halogens is 1. The Morgan fingerprint density at radius 3 is 2.71 bits per heavy atom. The molecule has 118 valence electrons. The van der Waals surface area contributed by atoms with E-state index in [2.05, 4.69) is 5.32 Å². The maximum Gasteiger partial charge on any atom is 0.248 e. The van der Waals surface area contributed by atoms with Crippen molar-refractivity contribution >= 4 is 24.2 Å². The Labute approximate surface area is 130 Å². The molecule has 0 aromatic heterocycles.